The van der Waals surface area contributed by atoms with E-state index in [2.05, 4.69) is 94.5 Å². The van der Waals surface area contributed by atoms with Crippen LogP contribution in [0.2, 0.25) is 0 Å². The van der Waals surface area contributed by atoms with E-state index in [-0.39, 0.29) is 102 Å². The Morgan fingerprint density at radius 3 is 1.80 bits per heavy atom. The number of halogens is 2. The van der Waals surface area contributed by atoms with Gasteiger partial charge in [0.15, 0.2) is 58.4 Å². The molecule has 12 rings (SSSR count). The van der Waals surface area contributed by atoms with E-state index in [1.807, 2.05) is 0 Å². The summed E-state index contributed by atoms with van der Waals surface area (Å²) >= 11 is 30.8. The molecule has 6 N–H and O–H groups in total. The second-order valence-electron chi connectivity index (χ2n) is 19.5. The minimum Gasteiger partial charge on any atom is -0.369 e. The molecule has 492 valence electrons. The van der Waals surface area contributed by atoms with Crippen LogP contribution in [-0.2, 0) is 129 Å². The number of aromatic nitrogens is 16. The molecule has 0 aliphatic carbocycles. The van der Waals surface area contributed by atoms with Gasteiger partial charge in [-0.15, -0.1) is 0 Å². The number of amides is 1. The fourth-order valence-corrected chi connectivity index (χ4v) is 15.8. The molecule has 4 aliphatic rings. The monoisotopic (exact) mass is 1460 g/mol. The van der Waals surface area contributed by atoms with Crippen LogP contribution in [-0.4, -0.2) is 165 Å². The number of nitrogens with two attached hydrogens (primary N) is 1. The standard InChI is InChI=1S/C25H29FN10O8P2S3.C18H20FN9O7P2S3.2CH4/c1-13(2)22(37)33-25-32-21-18(23(38)34-25)30-12-36(21)24-19-17(26)15(43-24)9-41-45(47,39-6-4-27-3)40-7-5-35-16(10-42-46(48,49)44-19)31-14-8-28-11-29-20(14)35;19-11-9-4-32-36(30,38)31-2-1-27-10(24-8-3-21-6-22-14(8)27)5-33-37(39,40)35-13(11)17(34-9)28-7-23-12-15(28)25-18(20)26-16(12)29;;/h8,11-13,15,17,19,24H,4-7,9-10H2,1-2H3,(H,48,49)(H2,32,33,34,37,38);3,6-7,9,11,13,17H,1-2,4-5H2,(H,30,38)(H,39,40)(H3,20,25,26,29);2*1H4/t15-,17-,19-,24-,45?;9-,11-,13-,17-,36?;;/m11../s1. The molecule has 4 bridgehead atoms. The minimum absolute atomic E-state index is 0. The zero-order valence-electron chi connectivity index (χ0n) is 45.8. The first-order chi connectivity index (χ1) is 42.4. The molecule has 12 atom stereocenters. The fraction of sp³-hybridized carbons (Fsp3) is 0.511. The Kier molecular flexibility index (Phi) is 22.5. The van der Waals surface area contributed by atoms with Gasteiger partial charge in [-0.3, -0.25) is 38.8 Å². The van der Waals surface area contributed by atoms with Crippen LogP contribution in [0, 0.1) is 12.5 Å². The molecule has 4 unspecified atom stereocenters. The van der Waals surface area contributed by atoms with Crippen LogP contribution in [0.4, 0.5) is 20.7 Å². The number of ether oxygens (including phenoxy) is 2. The Balaban J connectivity index is 0.000000215. The first kappa shape index (κ1) is 70.6. The van der Waals surface area contributed by atoms with E-state index >= 15 is 8.78 Å². The molecule has 34 nitrogen and oxygen atoms in total. The van der Waals surface area contributed by atoms with Gasteiger partial charge in [0.1, 0.15) is 79.6 Å². The summed E-state index contributed by atoms with van der Waals surface area (Å²) in [6.07, 6.45) is -3.69. The Morgan fingerprint density at radius 2 is 1.27 bits per heavy atom. The number of thiol groups is 2. The molecular formula is C45H57F2N19O15P4S6. The normalized spacial score (nSPS) is 29.3. The third kappa shape index (κ3) is 15.8. The van der Waals surface area contributed by atoms with Crippen molar-refractivity contribution in [2.24, 2.45) is 5.92 Å². The van der Waals surface area contributed by atoms with E-state index in [9.17, 15) is 19.3 Å². The van der Waals surface area contributed by atoms with Crippen LogP contribution in [0.15, 0.2) is 47.3 Å². The van der Waals surface area contributed by atoms with Crippen molar-refractivity contribution in [3.05, 3.63) is 81.5 Å². The minimum atomic E-state index is -3.82. The zero-order valence-corrected chi connectivity index (χ0v) is 54.4. The molecule has 8 aromatic rings. The molecule has 4 aliphatic heterocycles. The van der Waals surface area contributed by atoms with Gasteiger partial charge >= 0.3 is 13.4 Å². The van der Waals surface area contributed by atoms with E-state index in [0.29, 0.717) is 34.0 Å². The van der Waals surface area contributed by atoms with E-state index in [0.717, 1.165) is 0 Å². The predicted molar refractivity (Wildman–Crippen MR) is 344 cm³/mol. The Hall–Kier alpha value is -4.76. The third-order valence-electron chi connectivity index (χ3n) is 13.3. The molecule has 0 saturated carbocycles. The molecule has 0 aromatic carbocycles. The number of hydrogen-bond donors (Lipinski definition) is 7. The molecule has 12 heterocycles. The predicted octanol–water partition coefficient (Wildman–Crippen LogP) is 5.42. The molecule has 1 amide bonds. The van der Waals surface area contributed by atoms with Crippen LogP contribution >= 0.6 is 49.3 Å². The van der Waals surface area contributed by atoms with Crippen molar-refractivity contribution in [2.75, 3.05) is 50.6 Å². The van der Waals surface area contributed by atoms with Gasteiger partial charge in [0, 0.05) is 19.0 Å². The Labute approximate surface area is 544 Å². The highest BCUT2D eigenvalue weighted by Crippen LogP contribution is 2.60. The smallest absolute Gasteiger partial charge is 0.327 e. The maximum Gasteiger partial charge on any atom is 0.327 e. The SMILES string of the molecule is C.C.Nc1nc2c(ncn2[C@@H]2O[C@@H]3COP(O)(=S)OCCn4c(nc5cncnc54)COP(=S)(S)O[C@@H]2[C@@H]3F)c(=O)[nH]1.[C-]#[N+]CCOP1(=S)OCCn2c(nc3cncnc32)COP(=S)(S)O[C@@H]2[C@H](F)[C@@H](CO1)O[C@H]2n1cnc2c(=O)[nH]c(NC(=O)C(C)C)nc21. The number of nitrogens with zero attached hydrogens (tertiary/aromatic N) is 15. The highest BCUT2D eigenvalue weighted by molar-refractivity contribution is 8.60. The number of carbonyl (C=O) groups excluding carboxylic acids is 1. The average Bonchev–Trinajstić information content (AvgIpc) is 1.64. The van der Waals surface area contributed by atoms with Crippen molar-refractivity contribution in [2.45, 2.75) is 104 Å². The van der Waals surface area contributed by atoms with Crippen molar-refractivity contribution >= 4 is 159 Å². The molecule has 2 saturated heterocycles. The third-order valence-corrected chi connectivity index (χ3v) is 21.7. The number of fused-ring (bicyclic) bond motifs is 12. The summed E-state index contributed by atoms with van der Waals surface area (Å²) in [4.78, 5) is 98.5. The number of anilines is 2. The van der Waals surface area contributed by atoms with Crippen LogP contribution < -0.4 is 22.2 Å². The summed E-state index contributed by atoms with van der Waals surface area (Å²) in [5, 5.41) is 2.54. The summed E-state index contributed by atoms with van der Waals surface area (Å²) in [6.45, 7) is 1.88. The van der Waals surface area contributed by atoms with E-state index in [4.69, 9.17) is 110 Å². The maximum absolute atomic E-state index is 16.4. The molecule has 2 fully saturated rings. The maximum atomic E-state index is 16.4. The van der Waals surface area contributed by atoms with Crippen molar-refractivity contribution in [1.82, 2.24) is 78.1 Å². The number of nitrogen functional groups attached to an aromatic ring is 1. The van der Waals surface area contributed by atoms with Gasteiger partial charge in [-0.25, -0.2) is 55.2 Å². The summed E-state index contributed by atoms with van der Waals surface area (Å²) in [6, 6.07) is 0. The van der Waals surface area contributed by atoms with Crippen LogP contribution in [0.5, 0.6) is 0 Å². The van der Waals surface area contributed by atoms with Gasteiger partial charge in [0.2, 0.25) is 35.7 Å². The van der Waals surface area contributed by atoms with Gasteiger partial charge in [-0.05, 0) is 47.2 Å². The molecule has 0 radical (unpaired) electrons. The number of carbonyl (C=O) groups is 1. The van der Waals surface area contributed by atoms with Crippen LogP contribution in [0.1, 0.15) is 52.8 Å². The quantitative estimate of drug-likeness (QED) is 0.0453. The van der Waals surface area contributed by atoms with Gasteiger partial charge in [-0.1, -0.05) is 53.2 Å². The van der Waals surface area contributed by atoms with Crippen LogP contribution in [0.25, 0.3) is 49.5 Å². The van der Waals surface area contributed by atoms with Crippen molar-refractivity contribution in [1.29, 1.82) is 0 Å². The average molecular weight is 1460 g/mol. The number of nitrogens with one attached hydrogen (secondary N) is 3. The molecule has 91 heavy (non-hydrogen) atoms. The lowest BCUT2D eigenvalue weighted by molar-refractivity contribution is -0.118. The number of H-pyrrole nitrogens is 2. The lowest BCUT2D eigenvalue weighted by atomic mass is 10.1. The highest BCUT2D eigenvalue weighted by Gasteiger charge is 2.52. The van der Waals surface area contributed by atoms with Crippen LogP contribution in [0.3, 0.4) is 0 Å². The van der Waals surface area contributed by atoms with Crippen molar-refractivity contribution in [3.8, 4) is 0 Å². The van der Waals surface area contributed by atoms with Crippen molar-refractivity contribution in [3.63, 3.8) is 0 Å². The summed E-state index contributed by atoms with van der Waals surface area (Å²) in [5.74, 6) is -0.392. The lowest BCUT2D eigenvalue weighted by Gasteiger charge is -2.26. The first-order valence-corrected chi connectivity index (χ1v) is 38.8. The van der Waals surface area contributed by atoms with E-state index in [1.54, 1.807) is 23.0 Å². The molecule has 8 aromatic heterocycles. The largest absolute Gasteiger partial charge is 0.369 e. The topological polar surface area (TPSA) is 396 Å². The van der Waals surface area contributed by atoms with E-state index in [1.165, 1.54) is 46.8 Å². The fourth-order valence-electron chi connectivity index (χ4n) is 9.25. The number of alkyl halides is 2. The highest BCUT2D eigenvalue weighted by atomic mass is 32.9. The Morgan fingerprint density at radius 1 is 0.769 bits per heavy atom. The molecular weight excluding hydrogens is 1400 g/mol. The zero-order chi connectivity index (χ0) is 63.2. The number of hydrogen-bond acceptors (Lipinski definition) is 29. The second kappa shape index (κ2) is 29.1. The Bertz CT molecular complexity index is 4370. The lowest BCUT2D eigenvalue weighted by Crippen LogP contribution is -2.32. The summed E-state index contributed by atoms with van der Waals surface area (Å²) < 4.78 is 103. The number of rotatable bonds is 7. The summed E-state index contributed by atoms with van der Waals surface area (Å²) in [7, 11) is 0. The van der Waals surface area contributed by atoms with Gasteiger partial charge in [0.05, 0.1) is 51.5 Å². The number of imidazole rings is 4. The van der Waals surface area contributed by atoms with E-state index < -0.39 is 110 Å². The molecule has 0 spiro atoms. The van der Waals surface area contributed by atoms with Gasteiger partial charge in [-0.2, -0.15) is 9.97 Å². The molecule has 46 heteroatoms. The number of aromatic amines is 2. The van der Waals surface area contributed by atoms with Gasteiger partial charge < -0.3 is 74.8 Å². The second-order valence-corrected chi connectivity index (χ2v) is 35.8. The van der Waals surface area contributed by atoms with Crippen molar-refractivity contribution < 1.29 is 68.7 Å². The first-order valence-electron chi connectivity index (χ1n) is 26.1. The van der Waals surface area contributed by atoms with Gasteiger partial charge in [0.25, 0.3) is 11.1 Å². The summed E-state index contributed by atoms with van der Waals surface area (Å²) in [5.41, 5.74) is -0.853.